The molecule has 1 aromatic heterocycles. The van der Waals surface area contributed by atoms with Crippen molar-refractivity contribution in [2.45, 2.75) is 12.1 Å². The largest absolute Gasteiger partial charge is 0.399 e. The second kappa shape index (κ2) is 9.28. The van der Waals surface area contributed by atoms with Gasteiger partial charge in [-0.25, -0.2) is 4.98 Å². The predicted octanol–water partition coefficient (Wildman–Crippen LogP) is 4.82. The third-order valence-corrected chi connectivity index (χ3v) is 4.81. The van der Waals surface area contributed by atoms with Crippen molar-refractivity contribution < 1.29 is 23.1 Å². The van der Waals surface area contributed by atoms with Gasteiger partial charge in [-0.2, -0.15) is 13.2 Å². The van der Waals surface area contributed by atoms with Crippen LogP contribution in [0.4, 0.5) is 13.2 Å². The molecule has 0 aliphatic rings. The Morgan fingerprint density at radius 3 is 2.23 bits per heavy atom. The van der Waals surface area contributed by atoms with Gasteiger partial charge in [-0.1, -0.05) is 72.3 Å². The number of pyridine rings is 1. The molecule has 0 spiro atoms. The molecule has 2 N–H and O–H groups in total. The number of carbonyl (C=O) groups is 1. The van der Waals surface area contributed by atoms with Gasteiger partial charge in [0.1, 0.15) is 11.1 Å². The molecule has 0 bridgehead atoms. The van der Waals surface area contributed by atoms with Crippen LogP contribution < -0.4 is 5.32 Å². The van der Waals surface area contributed by atoms with E-state index in [4.69, 9.17) is 16.7 Å². The van der Waals surface area contributed by atoms with Crippen LogP contribution in [0, 0.1) is 0 Å². The van der Waals surface area contributed by atoms with E-state index in [1.165, 1.54) is 24.3 Å². The minimum Gasteiger partial charge on any atom is -0.395 e. The Hall–Kier alpha value is -2.90. The molecule has 0 aliphatic carbocycles. The lowest BCUT2D eigenvalue weighted by Gasteiger charge is -2.25. The minimum absolute atomic E-state index is 0.0213. The lowest BCUT2D eigenvalue weighted by atomic mass is 9.84. The van der Waals surface area contributed by atoms with E-state index >= 15 is 0 Å². The first kappa shape index (κ1) is 21.8. The fraction of sp³-hybridized carbons (Fsp3) is 0.182. The number of hydrogen-bond acceptors (Lipinski definition) is 3. The fourth-order valence-corrected chi connectivity index (χ4v) is 3.52. The highest BCUT2D eigenvalue weighted by atomic mass is 35.5. The Balaban J connectivity index is 2.32. The van der Waals surface area contributed by atoms with E-state index in [2.05, 4.69) is 10.3 Å². The molecule has 1 amide bonds. The molecule has 3 aromatic rings. The molecule has 1 unspecified atom stereocenters. The molecule has 2 aromatic carbocycles. The Morgan fingerprint density at radius 1 is 1.07 bits per heavy atom. The Bertz CT molecular complexity index is 1010. The van der Waals surface area contributed by atoms with E-state index in [0.717, 1.165) is 6.20 Å². The van der Waals surface area contributed by atoms with Crippen molar-refractivity contribution >= 4 is 17.5 Å². The van der Waals surface area contributed by atoms with E-state index in [1.54, 1.807) is 36.4 Å². The summed E-state index contributed by atoms with van der Waals surface area (Å²) in [6.45, 7) is -0.401. The lowest BCUT2D eigenvalue weighted by Crippen LogP contribution is -2.29. The van der Waals surface area contributed by atoms with Gasteiger partial charge in [0.25, 0.3) is 5.91 Å². The van der Waals surface area contributed by atoms with Gasteiger partial charge >= 0.3 is 6.18 Å². The number of benzene rings is 2. The molecule has 0 saturated heterocycles. The Labute approximate surface area is 176 Å². The summed E-state index contributed by atoms with van der Waals surface area (Å²) in [4.78, 5) is 16.6. The van der Waals surface area contributed by atoms with Crippen LogP contribution in [0.25, 0.3) is 11.1 Å². The summed E-state index contributed by atoms with van der Waals surface area (Å²) in [5.41, 5.74) is 0.124. The SMILES string of the molecule is O=C(NCCO)c1c(Cl)ncc(C(c2ccccc2)C(F)(F)F)c1-c1ccccc1. The van der Waals surface area contributed by atoms with E-state index in [1.807, 2.05) is 0 Å². The summed E-state index contributed by atoms with van der Waals surface area (Å²) in [7, 11) is 0. The molecule has 0 fully saturated rings. The van der Waals surface area contributed by atoms with E-state index in [-0.39, 0.29) is 40.6 Å². The van der Waals surface area contributed by atoms with Crippen LogP contribution in [0.15, 0.2) is 66.9 Å². The number of nitrogens with zero attached hydrogens (tertiary/aromatic N) is 1. The number of carbonyl (C=O) groups excluding carboxylic acids is 1. The molecular weight excluding hydrogens is 417 g/mol. The fourth-order valence-electron chi connectivity index (χ4n) is 3.29. The van der Waals surface area contributed by atoms with Crippen molar-refractivity contribution in [1.29, 1.82) is 0 Å². The first-order valence-electron chi connectivity index (χ1n) is 9.09. The molecule has 156 valence electrons. The first-order chi connectivity index (χ1) is 14.3. The lowest BCUT2D eigenvalue weighted by molar-refractivity contribution is -0.141. The normalized spacial score (nSPS) is 12.4. The molecule has 30 heavy (non-hydrogen) atoms. The van der Waals surface area contributed by atoms with Crippen LogP contribution in [0.5, 0.6) is 0 Å². The van der Waals surface area contributed by atoms with E-state index in [0.29, 0.717) is 5.56 Å². The van der Waals surface area contributed by atoms with Crippen molar-refractivity contribution in [1.82, 2.24) is 10.3 Å². The number of aliphatic hydroxyl groups excluding tert-OH is 1. The number of halogens is 4. The van der Waals surface area contributed by atoms with E-state index < -0.39 is 18.0 Å². The van der Waals surface area contributed by atoms with Crippen LogP contribution in [-0.2, 0) is 0 Å². The van der Waals surface area contributed by atoms with Crippen molar-refractivity contribution in [3.63, 3.8) is 0 Å². The van der Waals surface area contributed by atoms with Crippen LogP contribution >= 0.6 is 11.6 Å². The zero-order chi connectivity index (χ0) is 21.7. The summed E-state index contributed by atoms with van der Waals surface area (Å²) >= 11 is 6.17. The molecule has 1 atom stereocenters. The highest BCUT2D eigenvalue weighted by molar-refractivity contribution is 6.33. The van der Waals surface area contributed by atoms with Gasteiger partial charge in [-0.05, 0) is 16.7 Å². The van der Waals surface area contributed by atoms with Gasteiger partial charge in [-0.15, -0.1) is 0 Å². The molecule has 3 rings (SSSR count). The number of nitrogens with one attached hydrogen (secondary N) is 1. The molecule has 0 saturated carbocycles. The highest BCUT2D eigenvalue weighted by Gasteiger charge is 2.44. The summed E-state index contributed by atoms with van der Waals surface area (Å²) in [6, 6.07) is 15.7. The van der Waals surface area contributed by atoms with Crippen LogP contribution in [0.2, 0.25) is 5.15 Å². The zero-order valence-corrected chi connectivity index (χ0v) is 16.4. The second-order valence-corrected chi connectivity index (χ2v) is 6.84. The average molecular weight is 435 g/mol. The summed E-state index contributed by atoms with van der Waals surface area (Å²) in [5, 5.41) is 11.2. The molecule has 1 heterocycles. The summed E-state index contributed by atoms with van der Waals surface area (Å²) in [6.07, 6.45) is -3.57. The zero-order valence-electron chi connectivity index (χ0n) is 15.7. The number of alkyl halides is 3. The topological polar surface area (TPSA) is 62.2 Å². The Kier molecular flexibility index (Phi) is 6.74. The minimum atomic E-state index is -4.64. The number of aliphatic hydroxyl groups is 1. The Morgan fingerprint density at radius 2 is 1.67 bits per heavy atom. The molecular formula is C22H18ClF3N2O2. The number of amides is 1. The maximum Gasteiger partial charge on any atom is 0.399 e. The van der Waals surface area contributed by atoms with Crippen molar-refractivity contribution in [2.75, 3.05) is 13.2 Å². The molecule has 4 nitrogen and oxygen atoms in total. The van der Waals surface area contributed by atoms with Gasteiger partial charge in [0.15, 0.2) is 0 Å². The van der Waals surface area contributed by atoms with Gasteiger partial charge in [0, 0.05) is 18.3 Å². The quantitative estimate of drug-likeness (QED) is 0.547. The van der Waals surface area contributed by atoms with Gasteiger partial charge in [0.2, 0.25) is 0 Å². The van der Waals surface area contributed by atoms with Crippen LogP contribution in [0.3, 0.4) is 0 Å². The number of rotatable bonds is 6. The maximum absolute atomic E-state index is 14.2. The summed E-state index contributed by atoms with van der Waals surface area (Å²) in [5.74, 6) is -2.72. The van der Waals surface area contributed by atoms with E-state index in [9.17, 15) is 18.0 Å². The predicted molar refractivity (Wildman–Crippen MR) is 108 cm³/mol. The molecule has 0 radical (unpaired) electrons. The first-order valence-corrected chi connectivity index (χ1v) is 9.47. The number of hydrogen-bond donors (Lipinski definition) is 2. The highest BCUT2D eigenvalue weighted by Crippen LogP contribution is 2.45. The van der Waals surface area contributed by atoms with Gasteiger partial charge < -0.3 is 10.4 Å². The summed E-state index contributed by atoms with van der Waals surface area (Å²) < 4.78 is 42.7. The van der Waals surface area contributed by atoms with Crippen molar-refractivity contribution in [3.8, 4) is 11.1 Å². The smallest absolute Gasteiger partial charge is 0.395 e. The van der Waals surface area contributed by atoms with Crippen LogP contribution in [-0.4, -0.2) is 35.3 Å². The van der Waals surface area contributed by atoms with Crippen molar-refractivity contribution in [3.05, 3.63) is 88.7 Å². The van der Waals surface area contributed by atoms with Gasteiger partial charge in [0.05, 0.1) is 12.2 Å². The average Bonchev–Trinajstić information content (AvgIpc) is 2.73. The maximum atomic E-state index is 14.2. The van der Waals surface area contributed by atoms with Crippen LogP contribution in [0.1, 0.15) is 27.4 Å². The molecule has 8 heteroatoms. The number of aromatic nitrogens is 1. The van der Waals surface area contributed by atoms with Crippen molar-refractivity contribution in [2.24, 2.45) is 0 Å². The standard InChI is InChI=1S/C22H18ClF3N2O2/c23-20-18(21(30)27-11-12-29)17(14-7-3-1-4-8-14)16(13-28-20)19(22(24,25)26)15-9-5-2-6-10-15/h1-10,13,19,29H,11-12H2,(H,27,30). The third-order valence-electron chi connectivity index (χ3n) is 4.52. The van der Waals surface area contributed by atoms with Gasteiger partial charge in [-0.3, -0.25) is 4.79 Å². The molecule has 0 aliphatic heterocycles. The third kappa shape index (κ3) is 4.63. The monoisotopic (exact) mass is 434 g/mol. The second-order valence-electron chi connectivity index (χ2n) is 6.49.